The summed E-state index contributed by atoms with van der Waals surface area (Å²) in [6.45, 7) is 5.94. The molecule has 0 spiro atoms. The van der Waals surface area contributed by atoms with Crippen molar-refractivity contribution in [3.8, 4) is 11.5 Å². The van der Waals surface area contributed by atoms with Crippen molar-refractivity contribution in [3.05, 3.63) is 29.5 Å². The van der Waals surface area contributed by atoms with Gasteiger partial charge in [0.15, 0.2) is 17.1 Å². The Balaban J connectivity index is 2.10. The predicted octanol–water partition coefficient (Wildman–Crippen LogP) is 1.78. The molecule has 9 heteroatoms. The Kier molecular flexibility index (Phi) is 5.04. The Morgan fingerprint density at radius 3 is 2.48 bits per heavy atom. The zero-order valence-corrected chi connectivity index (χ0v) is 15.5. The third kappa shape index (κ3) is 3.87. The van der Waals surface area contributed by atoms with Gasteiger partial charge < -0.3 is 26.4 Å². The summed E-state index contributed by atoms with van der Waals surface area (Å²) in [5.41, 5.74) is 8.65. The summed E-state index contributed by atoms with van der Waals surface area (Å²) >= 11 is 0. The van der Waals surface area contributed by atoms with Crippen LogP contribution >= 0.6 is 0 Å². The van der Waals surface area contributed by atoms with E-state index in [0.717, 1.165) is 5.56 Å². The molecule has 9 nitrogen and oxygen atoms in total. The van der Waals surface area contributed by atoms with E-state index in [2.05, 4.69) is 20.3 Å². The molecule has 0 saturated heterocycles. The van der Waals surface area contributed by atoms with Gasteiger partial charge in [0.05, 0.1) is 11.8 Å². The molecule has 0 aliphatic rings. The number of fused-ring (bicyclic) bond motifs is 1. The van der Waals surface area contributed by atoms with E-state index in [1.54, 1.807) is 13.0 Å². The van der Waals surface area contributed by atoms with Crippen molar-refractivity contribution in [2.24, 2.45) is 0 Å². The predicted molar refractivity (Wildman–Crippen MR) is 103 cm³/mol. The summed E-state index contributed by atoms with van der Waals surface area (Å²) < 4.78 is 1.82. The van der Waals surface area contributed by atoms with Crippen LogP contribution in [0.3, 0.4) is 0 Å². The quantitative estimate of drug-likeness (QED) is 0.412. The van der Waals surface area contributed by atoms with E-state index in [1.807, 2.05) is 18.4 Å². The van der Waals surface area contributed by atoms with Gasteiger partial charge in [0.25, 0.3) is 0 Å². The number of hydrogen-bond acceptors (Lipinski definition) is 8. The minimum absolute atomic E-state index is 0.0556. The fraction of sp³-hybridized carbons (Fsp3) is 0.389. The Labute approximate surface area is 156 Å². The van der Waals surface area contributed by atoms with Crippen LogP contribution in [0.5, 0.6) is 11.5 Å². The van der Waals surface area contributed by atoms with Crippen LogP contribution in [-0.2, 0) is 6.42 Å². The van der Waals surface area contributed by atoms with Crippen molar-refractivity contribution < 1.29 is 15.3 Å². The van der Waals surface area contributed by atoms with Gasteiger partial charge in [-0.3, -0.25) is 4.57 Å². The normalized spacial score (nSPS) is 12.6. The van der Waals surface area contributed by atoms with E-state index < -0.39 is 6.10 Å². The van der Waals surface area contributed by atoms with E-state index in [9.17, 15) is 15.3 Å². The number of phenols is 2. The highest BCUT2D eigenvalue weighted by Crippen LogP contribution is 2.29. The molecule has 3 rings (SSSR count). The summed E-state index contributed by atoms with van der Waals surface area (Å²) in [6.07, 6.45) is -0.188. The molecule has 0 radical (unpaired) electrons. The molecule has 0 fully saturated rings. The number of phenolic OH excluding ortho intramolecular Hbond substituents is 2. The molecule has 1 unspecified atom stereocenters. The molecular weight excluding hydrogens is 348 g/mol. The van der Waals surface area contributed by atoms with Gasteiger partial charge in [-0.15, -0.1) is 0 Å². The number of anilines is 2. The summed E-state index contributed by atoms with van der Waals surface area (Å²) in [4.78, 5) is 13.5. The van der Waals surface area contributed by atoms with Crippen molar-refractivity contribution in [2.75, 3.05) is 17.6 Å². The minimum Gasteiger partial charge on any atom is -0.504 e. The smallest absolute Gasteiger partial charge is 0.225 e. The highest BCUT2D eigenvalue weighted by atomic mass is 16.3. The van der Waals surface area contributed by atoms with Gasteiger partial charge in [-0.1, -0.05) is 6.07 Å². The number of nitrogens with one attached hydrogen (secondary N) is 1. The van der Waals surface area contributed by atoms with Crippen molar-refractivity contribution in [1.82, 2.24) is 19.5 Å². The summed E-state index contributed by atoms with van der Waals surface area (Å²) in [7, 11) is 0. The van der Waals surface area contributed by atoms with E-state index in [4.69, 9.17) is 5.73 Å². The average molecular weight is 372 g/mol. The first kappa shape index (κ1) is 18.7. The Morgan fingerprint density at radius 2 is 1.85 bits per heavy atom. The second kappa shape index (κ2) is 7.28. The Bertz CT molecular complexity index is 967. The molecule has 0 amide bonds. The van der Waals surface area contributed by atoms with Gasteiger partial charge >= 0.3 is 0 Å². The Morgan fingerprint density at radius 1 is 1.11 bits per heavy atom. The lowest BCUT2D eigenvalue weighted by molar-refractivity contribution is 0.208. The zero-order valence-electron chi connectivity index (χ0n) is 15.5. The second-order valence-electron chi connectivity index (χ2n) is 6.83. The topological polar surface area (TPSA) is 142 Å². The number of aliphatic hydroxyl groups is 1. The lowest BCUT2D eigenvalue weighted by atomic mass is 10.1. The van der Waals surface area contributed by atoms with Crippen LogP contribution in [0.2, 0.25) is 0 Å². The number of imidazole rings is 1. The van der Waals surface area contributed by atoms with E-state index in [0.29, 0.717) is 41.7 Å². The van der Waals surface area contributed by atoms with Gasteiger partial charge in [-0.2, -0.15) is 4.98 Å². The van der Waals surface area contributed by atoms with Crippen LogP contribution in [0.1, 0.15) is 38.1 Å². The van der Waals surface area contributed by atoms with Crippen molar-refractivity contribution in [3.63, 3.8) is 0 Å². The van der Waals surface area contributed by atoms with E-state index in [1.165, 1.54) is 12.1 Å². The summed E-state index contributed by atoms with van der Waals surface area (Å²) in [6, 6.07) is 4.67. The second-order valence-corrected chi connectivity index (χ2v) is 6.83. The van der Waals surface area contributed by atoms with Crippen molar-refractivity contribution in [2.45, 2.75) is 39.3 Å². The number of aliphatic hydroxyl groups excluding tert-OH is 1. The largest absolute Gasteiger partial charge is 0.504 e. The number of nitrogens with zero attached hydrogens (tertiary/aromatic N) is 4. The maximum Gasteiger partial charge on any atom is 0.225 e. The fourth-order valence-corrected chi connectivity index (χ4v) is 2.87. The number of hydrogen-bond donors (Lipinski definition) is 5. The van der Waals surface area contributed by atoms with Crippen LogP contribution in [0.25, 0.3) is 11.2 Å². The monoisotopic (exact) mass is 372 g/mol. The van der Waals surface area contributed by atoms with Crippen molar-refractivity contribution in [1.29, 1.82) is 0 Å². The van der Waals surface area contributed by atoms with Crippen LogP contribution in [0.15, 0.2) is 18.2 Å². The van der Waals surface area contributed by atoms with Gasteiger partial charge in [0.2, 0.25) is 11.9 Å². The molecule has 3 aromatic rings. The first-order valence-electron chi connectivity index (χ1n) is 8.73. The lowest BCUT2D eigenvalue weighted by Gasteiger charge is -2.12. The first-order valence-corrected chi connectivity index (χ1v) is 8.73. The molecule has 6 N–H and O–H groups in total. The molecule has 144 valence electrons. The van der Waals surface area contributed by atoms with Crippen molar-refractivity contribution >= 4 is 23.1 Å². The maximum atomic E-state index is 9.75. The van der Waals surface area contributed by atoms with Crippen LogP contribution in [-0.4, -0.2) is 47.5 Å². The molecule has 0 saturated carbocycles. The molecule has 0 bridgehead atoms. The van der Waals surface area contributed by atoms with E-state index in [-0.39, 0.29) is 17.5 Å². The highest BCUT2D eigenvalue weighted by Gasteiger charge is 2.19. The van der Waals surface area contributed by atoms with E-state index >= 15 is 0 Å². The maximum absolute atomic E-state index is 9.75. The number of benzene rings is 1. The molecule has 1 atom stereocenters. The first-order chi connectivity index (χ1) is 12.8. The van der Waals surface area contributed by atoms with Crippen LogP contribution < -0.4 is 11.1 Å². The van der Waals surface area contributed by atoms with Crippen LogP contribution in [0.4, 0.5) is 11.9 Å². The summed E-state index contributed by atoms with van der Waals surface area (Å²) in [5, 5.41) is 31.8. The molecule has 0 aliphatic carbocycles. The number of aromatic hydroxyl groups is 2. The van der Waals surface area contributed by atoms with Gasteiger partial charge in [-0.25, -0.2) is 9.97 Å². The molecule has 1 aromatic carbocycles. The SMILES string of the molecule is CC(O)CNc1nc(Cc2ccc(O)c(O)c2)c2nc(N)n(C(C)C)c2n1. The Hall–Kier alpha value is -3.07. The molecule has 27 heavy (non-hydrogen) atoms. The number of aromatic nitrogens is 4. The molecule has 0 aliphatic heterocycles. The standard InChI is InChI=1S/C18H24N6O3/c1-9(2)24-16-15(22-17(24)19)12(21-18(23-16)20-8-10(3)25)6-11-4-5-13(26)14(27)7-11/h4-5,7,9-10,25-27H,6,8H2,1-3H3,(H2,19,22)(H,20,21,23). The summed E-state index contributed by atoms with van der Waals surface area (Å²) in [5.74, 6) is 0.330. The molecule has 2 heterocycles. The van der Waals surface area contributed by atoms with Crippen LogP contribution in [0, 0.1) is 0 Å². The third-order valence-electron chi connectivity index (χ3n) is 4.12. The third-order valence-corrected chi connectivity index (χ3v) is 4.12. The molecular formula is C18H24N6O3. The van der Waals surface area contributed by atoms with Gasteiger partial charge in [-0.05, 0) is 38.5 Å². The van der Waals surface area contributed by atoms with Gasteiger partial charge in [0.1, 0.15) is 5.52 Å². The number of nitrogen functional groups attached to an aromatic ring is 1. The average Bonchev–Trinajstić information content (AvgIpc) is 2.92. The lowest BCUT2D eigenvalue weighted by Crippen LogP contribution is -2.18. The van der Waals surface area contributed by atoms with Gasteiger partial charge in [0, 0.05) is 19.0 Å². The number of nitrogens with two attached hydrogens (primary N) is 1. The minimum atomic E-state index is -0.554. The number of rotatable bonds is 6. The zero-order chi connectivity index (χ0) is 19.7. The molecule has 2 aromatic heterocycles. The fourth-order valence-electron chi connectivity index (χ4n) is 2.87. The highest BCUT2D eigenvalue weighted by molar-refractivity contribution is 5.78.